The molecule has 3 unspecified atom stereocenters. The third-order valence-electron chi connectivity index (χ3n) is 3.73. The summed E-state index contributed by atoms with van der Waals surface area (Å²) < 4.78 is 0. The molecule has 20 heavy (non-hydrogen) atoms. The first-order valence-corrected chi connectivity index (χ1v) is 8.48. The Morgan fingerprint density at radius 1 is 1.35 bits per heavy atom. The standard InChI is InChI=1S/C16H24N2OS/c1-4-20-11-12(2)18-13(3)17-15(16(18)19)10-14-8-6-5-7-9-14/h5-9,12-13,15,17H,4,10-11H2,1-3H3. The van der Waals surface area contributed by atoms with Crippen LogP contribution in [0.15, 0.2) is 30.3 Å². The van der Waals surface area contributed by atoms with Gasteiger partial charge in [0.15, 0.2) is 0 Å². The molecule has 110 valence electrons. The maximum atomic E-state index is 12.6. The zero-order valence-electron chi connectivity index (χ0n) is 12.5. The summed E-state index contributed by atoms with van der Waals surface area (Å²) in [6, 6.07) is 10.4. The second-order valence-corrected chi connectivity index (χ2v) is 6.66. The second-order valence-electron chi connectivity index (χ2n) is 5.34. The van der Waals surface area contributed by atoms with E-state index >= 15 is 0 Å². The van der Waals surface area contributed by atoms with Crippen LogP contribution in [-0.4, -0.2) is 40.6 Å². The molecule has 1 aliphatic rings. The number of rotatable bonds is 6. The molecule has 1 saturated heterocycles. The van der Waals surface area contributed by atoms with Gasteiger partial charge in [-0.15, -0.1) is 0 Å². The lowest BCUT2D eigenvalue weighted by atomic mass is 10.1. The van der Waals surface area contributed by atoms with Crippen molar-refractivity contribution < 1.29 is 4.79 Å². The number of thioether (sulfide) groups is 1. The maximum absolute atomic E-state index is 12.6. The van der Waals surface area contributed by atoms with Gasteiger partial charge < -0.3 is 4.90 Å². The molecule has 1 aliphatic heterocycles. The highest BCUT2D eigenvalue weighted by molar-refractivity contribution is 7.99. The fraction of sp³-hybridized carbons (Fsp3) is 0.562. The van der Waals surface area contributed by atoms with E-state index in [1.54, 1.807) is 0 Å². The minimum Gasteiger partial charge on any atom is -0.323 e. The van der Waals surface area contributed by atoms with Gasteiger partial charge in [-0.2, -0.15) is 11.8 Å². The molecular weight excluding hydrogens is 268 g/mol. The first-order chi connectivity index (χ1) is 9.63. The summed E-state index contributed by atoms with van der Waals surface area (Å²) in [6.45, 7) is 6.38. The minimum atomic E-state index is -0.0820. The van der Waals surface area contributed by atoms with E-state index in [2.05, 4.69) is 38.2 Å². The summed E-state index contributed by atoms with van der Waals surface area (Å²) in [5.41, 5.74) is 1.21. The monoisotopic (exact) mass is 292 g/mol. The number of hydrogen-bond acceptors (Lipinski definition) is 3. The Morgan fingerprint density at radius 2 is 2.05 bits per heavy atom. The molecule has 1 fully saturated rings. The van der Waals surface area contributed by atoms with Crippen molar-refractivity contribution in [1.82, 2.24) is 10.2 Å². The van der Waals surface area contributed by atoms with Gasteiger partial charge in [0.2, 0.25) is 5.91 Å². The Kier molecular flexibility index (Phi) is 5.49. The van der Waals surface area contributed by atoms with Crippen molar-refractivity contribution in [3.8, 4) is 0 Å². The molecule has 3 nitrogen and oxygen atoms in total. The largest absolute Gasteiger partial charge is 0.323 e. The van der Waals surface area contributed by atoms with Crippen LogP contribution < -0.4 is 5.32 Å². The number of benzene rings is 1. The van der Waals surface area contributed by atoms with Gasteiger partial charge in [-0.25, -0.2) is 0 Å². The van der Waals surface area contributed by atoms with E-state index in [0.717, 1.165) is 17.9 Å². The van der Waals surface area contributed by atoms with Gasteiger partial charge in [-0.05, 0) is 31.6 Å². The molecule has 0 aromatic heterocycles. The third-order valence-corrected chi connectivity index (χ3v) is 4.86. The van der Waals surface area contributed by atoms with Gasteiger partial charge in [-0.1, -0.05) is 37.3 Å². The van der Waals surface area contributed by atoms with Crippen LogP contribution >= 0.6 is 11.8 Å². The van der Waals surface area contributed by atoms with Crippen LogP contribution in [0.2, 0.25) is 0 Å². The van der Waals surface area contributed by atoms with Crippen molar-refractivity contribution in [2.75, 3.05) is 11.5 Å². The highest BCUT2D eigenvalue weighted by atomic mass is 32.2. The van der Waals surface area contributed by atoms with Crippen molar-refractivity contribution >= 4 is 17.7 Å². The molecule has 3 atom stereocenters. The van der Waals surface area contributed by atoms with Crippen LogP contribution in [0.25, 0.3) is 0 Å². The van der Waals surface area contributed by atoms with Crippen molar-refractivity contribution in [1.29, 1.82) is 0 Å². The van der Waals surface area contributed by atoms with Crippen molar-refractivity contribution in [3.63, 3.8) is 0 Å². The molecule has 1 aromatic rings. The molecule has 0 saturated carbocycles. The van der Waals surface area contributed by atoms with Crippen molar-refractivity contribution in [2.45, 2.75) is 45.4 Å². The van der Waals surface area contributed by atoms with E-state index in [0.29, 0.717) is 0 Å². The molecule has 0 radical (unpaired) electrons. The third kappa shape index (κ3) is 3.55. The average Bonchev–Trinajstić information content (AvgIpc) is 2.72. The van der Waals surface area contributed by atoms with Crippen LogP contribution in [-0.2, 0) is 11.2 Å². The highest BCUT2D eigenvalue weighted by Gasteiger charge is 2.38. The minimum absolute atomic E-state index is 0.0820. The Morgan fingerprint density at radius 3 is 2.70 bits per heavy atom. The number of carbonyl (C=O) groups excluding carboxylic acids is 1. The van der Waals surface area contributed by atoms with Crippen molar-refractivity contribution in [3.05, 3.63) is 35.9 Å². The number of carbonyl (C=O) groups is 1. The van der Waals surface area contributed by atoms with E-state index in [1.807, 2.05) is 34.9 Å². The molecule has 0 spiro atoms. The van der Waals surface area contributed by atoms with E-state index < -0.39 is 0 Å². The lowest BCUT2D eigenvalue weighted by Gasteiger charge is -2.28. The zero-order chi connectivity index (χ0) is 14.5. The van der Waals surface area contributed by atoms with Gasteiger partial charge in [0.25, 0.3) is 0 Å². The molecule has 1 amide bonds. The van der Waals surface area contributed by atoms with Crippen LogP contribution in [0.1, 0.15) is 26.3 Å². The van der Waals surface area contributed by atoms with Crippen molar-refractivity contribution in [2.24, 2.45) is 0 Å². The molecular formula is C16H24N2OS. The second kappa shape index (κ2) is 7.14. The zero-order valence-corrected chi connectivity index (χ0v) is 13.3. The smallest absolute Gasteiger partial charge is 0.241 e. The lowest BCUT2D eigenvalue weighted by Crippen LogP contribution is -2.42. The Balaban J connectivity index is 1.99. The normalized spacial score (nSPS) is 24.1. The van der Waals surface area contributed by atoms with E-state index in [4.69, 9.17) is 0 Å². The van der Waals surface area contributed by atoms with E-state index in [1.165, 1.54) is 5.56 Å². The van der Waals surface area contributed by atoms with Gasteiger partial charge in [0.1, 0.15) is 0 Å². The summed E-state index contributed by atoms with van der Waals surface area (Å²) in [5.74, 6) is 2.35. The van der Waals surface area contributed by atoms with Crippen LogP contribution in [0.4, 0.5) is 0 Å². The molecule has 0 aliphatic carbocycles. The summed E-state index contributed by atoms with van der Waals surface area (Å²) in [4.78, 5) is 14.6. The topological polar surface area (TPSA) is 32.3 Å². The lowest BCUT2D eigenvalue weighted by molar-refractivity contribution is -0.131. The number of hydrogen-bond donors (Lipinski definition) is 1. The predicted octanol–water partition coefficient (Wildman–Crippen LogP) is 2.52. The Labute approximate surface area is 126 Å². The first kappa shape index (κ1) is 15.4. The number of amides is 1. The Bertz CT molecular complexity index is 437. The molecule has 1 heterocycles. The van der Waals surface area contributed by atoms with Gasteiger partial charge >= 0.3 is 0 Å². The predicted molar refractivity (Wildman–Crippen MR) is 85.8 cm³/mol. The van der Waals surface area contributed by atoms with Crippen LogP contribution in [0.3, 0.4) is 0 Å². The maximum Gasteiger partial charge on any atom is 0.241 e. The Hall–Kier alpha value is -1.00. The average molecular weight is 292 g/mol. The van der Waals surface area contributed by atoms with Gasteiger partial charge in [0.05, 0.1) is 12.2 Å². The molecule has 4 heteroatoms. The molecule has 1 N–H and O–H groups in total. The van der Waals surface area contributed by atoms with Crippen LogP contribution in [0, 0.1) is 0 Å². The summed E-state index contributed by atoms with van der Waals surface area (Å²) in [6.07, 6.45) is 0.900. The van der Waals surface area contributed by atoms with E-state index in [-0.39, 0.29) is 24.2 Å². The summed E-state index contributed by atoms with van der Waals surface area (Å²) >= 11 is 1.89. The van der Waals surface area contributed by atoms with Gasteiger partial charge in [-0.3, -0.25) is 10.1 Å². The number of nitrogens with one attached hydrogen (secondary N) is 1. The highest BCUT2D eigenvalue weighted by Crippen LogP contribution is 2.19. The van der Waals surface area contributed by atoms with E-state index in [9.17, 15) is 4.79 Å². The molecule has 1 aromatic carbocycles. The summed E-state index contributed by atoms with van der Waals surface area (Å²) in [5, 5.41) is 3.43. The van der Waals surface area contributed by atoms with Crippen LogP contribution in [0.5, 0.6) is 0 Å². The summed E-state index contributed by atoms with van der Waals surface area (Å²) in [7, 11) is 0. The fourth-order valence-corrected chi connectivity index (χ4v) is 3.51. The molecule has 2 rings (SSSR count). The number of nitrogens with zero attached hydrogens (tertiary/aromatic N) is 1. The first-order valence-electron chi connectivity index (χ1n) is 7.33. The fourth-order valence-electron chi connectivity index (χ4n) is 2.78. The quantitative estimate of drug-likeness (QED) is 0.874. The SMILES string of the molecule is CCSCC(C)N1C(=O)C(Cc2ccccc2)NC1C. The molecule has 0 bridgehead atoms. The van der Waals surface area contributed by atoms with Gasteiger partial charge in [0, 0.05) is 11.8 Å².